The van der Waals surface area contributed by atoms with E-state index >= 15 is 0 Å². The Balaban J connectivity index is 3.79. The van der Waals surface area contributed by atoms with Crippen LogP contribution in [0.3, 0.4) is 0 Å². The standard InChI is InChI=1S/C12H24N2O/c1-11(13(3)4)7-9-15-10-8-12(2)14(5)6/h7-12H,1-6H3/b9-7+,10-8+. The predicted octanol–water partition coefficient (Wildman–Crippen LogP) is 1.93. The molecule has 0 amide bonds. The van der Waals surface area contributed by atoms with E-state index in [1.54, 1.807) is 12.5 Å². The van der Waals surface area contributed by atoms with Crippen molar-refractivity contribution in [1.82, 2.24) is 9.80 Å². The molecule has 15 heavy (non-hydrogen) atoms. The van der Waals surface area contributed by atoms with E-state index in [0.717, 1.165) is 0 Å². The SMILES string of the molecule is CC(/C=C/O/C=C/C(C)N(C)C)N(C)C. The van der Waals surface area contributed by atoms with Crippen LogP contribution in [0, 0.1) is 0 Å². The molecule has 0 aliphatic heterocycles. The molecule has 0 fully saturated rings. The lowest BCUT2D eigenvalue weighted by molar-refractivity contribution is 0.336. The minimum Gasteiger partial charge on any atom is -0.473 e. The smallest absolute Gasteiger partial charge is 0.0876 e. The molecule has 0 saturated heterocycles. The summed E-state index contributed by atoms with van der Waals surface area (Å²) in [6.45, 7) is 4.23. The Bertz CT molecular complexity index is 188. The predicted molar refractivity (Wildman–Crippen MR) is 65.7 cm³/mol. The second-order valence-electron chi connectivity index (χ2n) is 4.20. The van der Waals surface area contributed by atoms with E-state index in [4.69, 9.17) is 4.74 Å². The first-order valence-electron chi connectivity index (χ1n) is 5.26. The molecule has 2 unspecified atom stereocenters. The Morgan fingerprint density at radius 1 is 0.800 bits per heavy atom. The molecule has 0 spiro atoms. The zero-order valence-electron chi connectivity index (χ0n) is 10.8. The van der Waals surface area contributed by atoms with Crippen molar-refractivity contribution in [2.75, 3.05) is 28.2 Å². The molecule has 0 bridgehead atoms. The highest BCUT2D eigenvalue weighted by atomic mass is 16.5. The molecular formula is C12H24N2O. The monoisotopic (exact) mass is 212 g/mol. The summed E-state index contributed by atoms with van der Waals surface area (Å²) in [6, 6.07) is 0.786. The largest absolute Gasteiger partial charge is 0.473 e. The van der Waals surface area contributed by atoms with Gasteiger partial charge in [-0.2, -0.15) is 0 Å². The molecule has 3 nitrogen and oxygen atoms in total. The van der Waals surface area contributed by atoms with E-state index in [1.807, 2.05) is 40.3 Å². The van der Waals surface area contributed by atoms with Crippen LogP contribution in [0.4, 0.5) is 0 Å². The normalized spacial score (nSPS) is 16.8. The summed E-state index contributed by atoms with van der Waals surface area (Å²) < 4.78 is 5.26. The average Bonchev–Trinajstić information content (AvgIpc) is 2.16. The van der Waals surface area contributed by atoms with Crippen LogP contribution in [0.2, 0.25) is 0 Å². The fourth-order valence-electron chi connectivity index (χ4n) is 0.708. The summed E-state index contributed by atoms with van der Waals surface area (Å²) in [5.41, 5.74) is 0. The second kappa shape index (κ2) is 7.49. The second-order valence-corrected chi connectivity index (χ2v) is 4.20. The molecule has 0 N–H and O–H groups in total. The molecule has 0 rings (SSSR count). The average molecular weight is 212 g/mol. The first-order chi connectivity index (χ1) is 6.95. The first-order valence-corrected chi connectivity index (χ1v) is 5.26. The fourth-order valence-corrected chi connectivity index (χ4v) is 0.708. The third kappa shape index (κ3) is 7.17. The van der Waals surface area contributed by atoms with Crippen molar-refractivity contribution in [3.8, 4) is 0 Å². The number of likely N-dealkylation sites (N-methyl/N-ethyl adjacent to an activating group) is 2. The van der Waals surface area contributed by atoms with Gasteiger partial charge in [0.05, 0.1) is 12.5 Å². The Labute approximate surface area is 94.0 Å². The first kappa shape index (κ1) is 14.2. The van der Waals surface area contributed by atoms with Gasteiger partial charge in [-0.1, -0.05) is 0 Å². The minimum atomic E-state index is 0.393. The van der Waals surface area contributed by atoms with Gasteiger partial charge in [0.25, 0.3) is 0 Å². The van der Waals surface area contributed by atoms with E-state index in [1.165, 1.54) is 0 Å². The van der Waals surface area contributed by atoms with Gasteiger partial charge in [0.15, 0.2) is 0 Å². The summed E-state index contributed by atoms with van der Waals surface area (Å²) in [5, 5.41) is 0. The van der Waals surface area contributed by atoms with Gasteiger partial charge < -0.3 is 14.5 Å². The maximum absolute atomic E-state index is 5.26. The number of rotatable bonds is 6. The molecule has 0 aromatic heterocycles. The van der Waals surface area contributed by atoms with Crippen molar-refractivity contribution < 1.29 is 4.74 Å². The number of ether oxygens (including phenoxy) is 1. The fraction of sp³-hybridized carbons (Fsp3) is 0.667. The van der Waals surface area contributed by atoms with Gasteiger partial charge in [-0.25, -0.2) is 0 Å². The van der Waals surface area contributed by atoms with E-state index in [0.29, 0.717) is 12.1 Å². The quantitative estimate of drug-likeness (QED) is 0.626. The molecule has 0 aliphatic rings. The van der Waals surface area contributed by atoms with E-state index < -0.39 is 0 Å². The highest BCUT2D eigenvalue weighted by Crippen LogP contribution is 1.96. The van der Waals surface area contributed by atoms with Crippen LogP contribution in [0.15, 0.2) is 24.7 Å². The molecule has 0 aliphatic carbocycles. The van der Waals surface area contributed by atoms with Gasteiger partial charge in [0, 0.05) is 12.1 Å². The lowest BCUT2D eigenvalue weighted by Gasteiger charge is -2.15. The Morgan fingerprint density at radius 2 is 1.13 bits per heavy atom. The molecule has 0 heterocycles. The third-order valence-corrected chi connectivity index (χ3v) is 2.50. The van der Waals surface area contributed by atoms with Crippen molar-refractivity contribution in [2.24, 2.45) is 0 Å². The van der Waals surface area contributed by atoms with Crippen LogP contribution < -0.4 is 0 Å². The lowest BCUT2D eigenvalue weighted by atomic mass is 10.3. The molecule has 88 valence electrons. The van der Waals surface area contributed by atoms with Crippen LogP contribution in [-0.4, -0.2) is 50.1 Å². The van der Waals surface area contributed by atoms with Crippen molar-refractivity contribution in [1.29, 1.82) is 0 Å². The van der Waals surface area contributed by atoms with Gasteiger partial charge in [-0.3, -0.25) is 0 Å². The highest BCUT2D eigenvalue weighted by Gasteiger charge is 1.98. The van der Waals surface area contributed by atoms with Crippen molar-refractivity contribution in [3.63, 3.8) is 0 Å². The van der Waals surface area contributed by atoms with Crippen molar-refractivity contribution >= 4 is 0 Å². The summed E-state index contributed by atoms with van der Waals surface area (Å²) in [5.74, 6) is 0. The Kier molecular flexibility index (Phi) is 7.09. The molecule has 0 radical (unpaired) electrons. The summed E-state index contributed by atoms with van der Waals surface area (Å²) in [4.78, 5) is 4.23. The van der Waals surface area contributed by atoms with Crippen LogP contribution in [0.5, 0.6) is 0 Å². The van der Waals surface area contributed by atoms with E-state index in [9.17, 15) is 0 Å². The summed E-state index contributed by atoms with van der Waals surface area (Å²) in [6.07, 6.45) is 7.49. The van der Waals surface area contributed by atoms with Gasteiger partial charge in [-0.05, 0) is 54.2 Å². The van der Waals surface area contributed by atoms with E-state index in [-0.39, 0.29) is 0 Å². The maximum atomic E-state index is 5.26. The van der Waals surface area contributed by atoms with Crippen LogP contribution in [0.25, 0.3) is 0 Å². The summed E-state index contributed by atoms with van der Waals surface area (Å²) >= 11 is 0. The molecular weight excluding hydrogens is 188 g/mol. The molecule has 0 saturated carbocycles. The van der Waals surface area contributed by atoms with Crippen LogP contribution in [0.1, 0.15) is 13.8 Å². The van der Waals surface area contributed by atoms with Gasteiger partial charge >= 0.3 is 0 Å². The minimum absolute atomic E-state index is 0.393. The van der Waals surface area contributed by atoms with Crippen molar-refractivity contribution in [3.05, 3.63) is 24.7 Å². The Morgan fingerprint density at radius 3 is 1.40 bits per heavy atom. The van der Waals surface area contributed by atoms with Crippen molar-refractivity contribution in [2.45, 2.75) is 25.9 Å². The third-order valence-electron chi connectivity index (χ3n) is 2.50. The van der Waals surface area contributed by atoms with Gasteiger partial charge in [-0.15, -0.1) is 0 Å². The number of nitrogens with zero attached hydrogens (tertiary/aromatic N) is 2. The highest BCUT2D eigenvalue weighted by molar-refractivity contribution is 4.90. The van der Waals surface area contributed by atoms with Gasteiger partial charge in [0.2, 0.25) is 0 Å². The lowest BCUT2D eigenvalue weighted by Crippen LogP contribution is -2.22. The van der Waals surface area contributed by atoms with Gasteiger partial charge in [0.1, 0.15) is 0 Å². The molecule has 3 heteroatoms. The number of hydrogen-bond donors (Lipinski definition) is 0. The molecule has 2 atom stereocenters. The topological polar surface area (TPSA) is 15.7 Å². The molecule has 0 aromatic carbocycles. The maximum Gasteiger partial charge on any atom is 0.0876 e. The molecule has 0 aromatic rings. The van der Waals surface area contributed by atoms with Crippen LogP contribution >= 0.6 is 0 Å². The zero-order chi connectivity index (χ0) is 11.8. The van der Waals surface area contributed by atoms with E-state index in [2.05, 4.69) is 23.6 Å². The Hall–Kier alpha value is -0.800. The number of hydrogen-bond acceptors (Lipinski definition) is 3. The zero-order valence-corrected chi connectivity index (χ0v) is 10.8. The summed E-state index contributed by atoms with van der Waals surface area (Å²) in [7, 11) is 8.16. The van der Waals surface area contributed by atoms with Crippen LogP contribution in [-0.2, 0) is 4.74 Å².